The number of aromatic amines is 1. The highest BCUT2D eigenvalue weighted by Crippen LogP contribution is 2.25. The van der Waals surface area contributed by atoms with Gasteiger partial charge in [-0.2, -0.15) is 5.10 Å². The summed E-state index contributed by atoms with van der Waals surface area (Å²) in [6, 6.07) is 5.90. The van der Waals surface area contributed by atoms with Crippen LogP contribution in [0.1, 0.15) is 60.9 Å². The van der Waals surface area contributed by atoms with Crippen molar-refractivity contribution >= 4 is 51.1 Å². The molecule has 33 heavy (non-hydrogen) atoms. The summed E-state index contributed by atoms with van der Waals surface area (Å²) >= 11 is 9.32. The lowest BCUT2D eigenvalue weighted by Gasteiger charge is -2.20. The average molecular weight is 544 g/mol. The van der Waals surface area contributed by atoms with E-state index in [-0.39, 0.29) is 23.0 Å². The molecule has 6 N–H and O–H groups in total. The van der Waals surface area contributed by atoms with Gasteiger partial charge in [0.15, 0.2) is 5.82 Å². The van der Waals surface area contributed by atoms with Crippen LogP contribution in [0.3, 0.4) is 0 Å². The lowest BCUT2D eigenvalue weighted by atomic mass is 10.1. The first kappa shape index (κ1) is 26.8. The molecule has 0 spiro atoms. The maximum Gasteiger partial charge on any atom is 0.270 e. The first-order chi connectivity index (χ1) is 15.5. The van der Waals surface area contributed by atoms with Crippen LogP contribution in [-0.2, 0) is 9.63 Å². The predicted octanol–water partition coefficient (Wildman–Crippen LogP) is 3.15. The van der Waals surface area contributed by atoms with E-state index in [1.54, 1.807) is 24.3 Å². The third-order valence-electron chi connectivity index (χ3n) is 4.31. The van der Waals surface area contributed by atoms with Gasteiger partial charge in [0.25, 0.3) is 17.7 Å². The molecule has 10 nitrogen and oxygen atoms in total. The smallest absolute Gasteiger partial charge is 0.270 e. The van der Waals surface area contributed by atoms with E-state index in [0.717, 1.165) is 0 Å². The quantitative estimate of drug-likeness (QED) is 0.229. The van der Waals surface area contributed by atoms with Crippen molar-refractivity contribution in [3.63, 3.8) is 0 Å². The van der Waals surface area contributed by atoms with Crippen LogP contribution in [-0.4, -0.2) is 46.1 Å². The molecule has 0 saturated heterocycles. The van der Waals surface area contributed by atoms with E-state index in [9.17, 15) is 14.4 Å². The molecular formula is C21H28BrClN6O4. The molecule has 0 saturated carbocycles. The van der Waals surface area contributed by atoms with E-state index in [1.807, 2.05) is 20.8 Å². The summed E-state index contributed by atoms with van der Waals surface area (Å²) in [6.45, 7) is 5.82. The van der Waals surface area contributed by atoms with Crippen molar-refractivity contribution in [3.05, 3.63) is 45.0 Å². The normalized spacial score (nSPS) is 12.2. The highest BCUT2D eigenvalue weighted by Gasteiger charge is 2.20. The van der Waals surface area contributed by atoms with Crippen molar-refractivity contribution in [2.24, 2.45) is 5.73 Å². The van der Waals surface area contributed by atoms with Crippen molar-refractivity contribution in [1.29, 1.82) is 0 Å². The first-order valence-electron chi connectivity index (χ1n) is 10.3. The highest BCUT2D eigenvalue weighted by atomic mass is 79.9. The third-order valence-corrected chi connectivity index (χ3v) is 5.41. The molecule has 0 radical (unpaired) electrons. The Labute approximate surface area is 205 Å². The number of rotatable bonds is 10. The van der Waals surface area contributed by atoms with Gasteiger partial charge >= 0.3 is 0 Å². The lowest BCUT2D eigenvalue weighted by molar-refractivity contribution is -0.147. The molecule has 0 bridgehead atoms. The Balaban J connectivity index is 1.77. The number of hydrogen-bond donors (Lipinski definition) is 5. The van der Waals surface area contributed by atoms with Crippen LogP contribution in [0.15, 0.2) is 28.7 Å². The van der Waals surface area contributed by atoms with Gasteiger partial charge in [0, 0.05) is 6.54 Å². The van der Waals surface area contributed by atoms with Crippen molar-refractivity contribution in [2.45, 2.75) is 51.7 Å². The summed E-state index contributed by atoms with van der Waals surface area (Å²) in [4.78, 5) is 41.9. The number of carbonyl (C=O) groups excluding carboxylic acids is 3. The number of hydroxylamine groups is 1. The Kier molecular flexibility index (Phi) is 9.84. The summed E-state index contributed by atoms with van der Waals surface area (Å²) in [5.41, 5.74) is 8.16. The fourth-order valence-corrected chi connectivity index (χ4v) is 3.25. The van der Waals surface area contributed by atoms with Gasteiger partial charge in [-0.25, -0.2) is 5.48 Å². The van der Waals surface area contributed by atoms with E-state index in [0.29, 0.717) is 35.3 Å². The molecule has 1 heterocycles. The highest BCUT2D eigenvalue weighted by molar-refractivity contribution is 9.10. The fraction of sp³-hybridized carbons (Fsp3) is 0.429. The van der Waals surface area contributed by atoms with Crippen molar-refractivity contribution < 1.29 is 19.2 Å². The molecule has 1 aromatic carbocycles. The van der Waals surface area contributed by atoms with Crippen LogP contribution in [0.4, 0.5) is 5.82 Å². The van der Waals surface area contributed by atoms with Gasteiger partial charge in [0.05, 0.1) is 26.7 Å². The Bertz CT molecular complexity index is 991. The minimum Gasteiger partial charge on any atom is -0.351 e. The largest absolute Gasteiger partial charge is 0.351 e. The maximum atomic E-state index is 12.4. The number of unbranched alkanes of at least 4 members (excludes halogenated alkanes) is 1. The summed E-state index contributed by atoms with van der Waals surface area (Å²) in [6.07, 6.45) is 1.70. The average Bonchev–Trinajstić information content (AvgIpc) is 3.11. The summed E-state index contributed by atoms with van der Waals surface area (Å²) in [5, 5.41) is 12.2. The van der Waals surface area contributed by atoms with Gasteiger partial charge in [-0.05, 0) is 68.1 Å². The SMILES string of the molecule is CC(C)(C)ONC(=O)C(N)CCCCNC(=O)c1[nH]nc(NC(=O)c2ccccc2Cl)c1Br. The standard InChI is InChI=1S/C21H28BrClN6O4/c1-21(2,3)33-29-19(31)14(24)10-6-7-11-25-20(32)16-15(22)17(28-27-16)26-18(30)12-8-4-5-9-13(12)23/h4-5,8-9,14H,6-7,10-11,24H2,1-3H3,(H,25,32)(H,29,31)(H2,26,27,28,30). The number of nitrogens with two attached hydrogens (primary N) is 1. The van der Waals surface area contributed by atoms with Crippen LogP contribution < -0.4 is 21.8 Å². The predicted molar refractivity (Wildman–Crippen MR) is 129 cm³/mol. The van der Waals surface area contributed by atoms with Gasteiger partial charge in [-0.15, -0.1) is 0 Å². The lowest BCUT2D eigenvalue weighted by Crippen LogP contribution is -2.43. The summed E-state index contributed by atoms with van der Waals surface area (Å²) in [5.74, 6) is -1.07. The molecule has 0 aliphatic carbocycles. The van der Waals surface area contributed by atoms with Crippen LogP contribution >= 0.6 is 27.5 Å². The van der Waals surface area contributed by atoms with Gasteiger partial charge in [0.1, 0.15) is 5.69 Å². The molecule has 1 aromatic heterocycles. The molecule has 1 unspecified atom stereocenters. The molecule has 0 fully saturated rings. The Morgan fingerprint density at radius 1 is 1.21 bits per heavy atom. The number of hydrogen-bond acceptors (Lipinski definition) is 6. The summed E-state index contributed by atoms with van der Waals surface area (Å²) < 4.78 is 0.318. The maximum absolute atomic E-state index is 12.4. The first-order valence-corrected chi connectivity index (χ1v) is 11.5. The molecule has 180 valence electrons. The zero-order chi connectivity index (χ0) is 24.6. The zero-order valence-corrected chi connectivity index (χ0v) is 21.0. The fourth-order valence-electron chi connectivity index (χ4n) is 2.57. The topological polar surface area (TPSA) is 151 Å². The molecule has 0 aliphatic heterocycles. The number of anilines is 1. The molecule has 3 amide bonds. The molecule has 2 rings (SSSR count). The summed E-state index contributed by atoms with van der Waals surface area (Å²) in [7, 11) is 0. The number of aromatic nitrogens is 2. The Hall–Kier alpha value is -2.47. The number of amides is 3. The van der Waals surface area contributed by atoms with Gasteiger partial charge in [-0.1, -0.05) is 23.7 Å². The number of H-pyrrole nitrogens is 1. The molecule has 1 atom stereocenters. The van der Waals surface area contributed by atoms with E-state index < -0.39 is 23.5 Å². The van der Waals surface area contributed by atoms with Gasteiger partial charge in [0.2, 0.25) is 0 Å². The molecular weight excluding hydrogens is 516 g/mol. The number of benzene rings is 1. The number of carbonyl (C=O) groups is 3. The Morgan fingerprint density at radius 3 is 2.58 bits per heavy atom. The van der Waals surface area contributed by atoms with Crippen LogP contribution in [0.2, 0.25) is 5.02 Å². The molecule has 0 aliphatic rings. The van der Waals surface area contributed by atoms with E-state index in [4.69, 9.17) is 22.2 Å². The van der Waals surface area contributed by atoms with Gasteiger partial charge < -0.3 is 16.4 Å². The number of nitrogens with one attached hydrogen (secondary N) is 4. The second-order valence-corrected chi connectivity index (χ2v) is 9.43. The minimum atomic E-state index is -0.700. The second kappa shape index (κ2) is 12.1. The van der Waals surface area contributed by atoms with Crippen molar-refractivity contribution in [1.82, 2.24) is 21.0 Å². The Morgan fingerprint density at radius 2 is 1.91 bits per heavy atom. The van der Waals surface area contributed by atoms with Crippen LogP contribution in [0.25, 0.3) is 0 Å². The monoisotopic (exact) mass is 542 g/mol. The van der Waals surface area contributed by atoms with E-state index in [2.05, 4.69) is 42.2 Å². The van der Waals surface area contributed by atoms with Crippen LogP contribution in [0, 0.1) is 0 Å². The minimum absolute atomic E-state index is 0.166. The zero-order valence-electron chi connectivity index (χ0n) is 18.6. The van der Waals surface area contributed by atoms with E-state index >= 15 is 0 Å². The molecule has 12 heteroatoms. The van der Waals surface area contributed by atoms with Gasteiger partial charge in [-0.3, -0.25) is 24.3 Å². The van der Waals surface area contributed by atoms with Crippen molar-refractivity contribution in [3.8, 4) is 0 Å². The van der Waals surface area contributed by atoms with Crippen molar-refractivity contribution in [2.75, 3.05) is 11.9 Å². The number of nitrogens with zero attached hydrogens (tertiary/aromatic N) is 1. The molecule has 2 aromatic rings. The third kappa shape index (κ3) is 8.43. The van der Waals surface area contributed by atoms with Crippen LogP contribution in [0.5, 0.6) is 0 Å². The van der Waals surface area contributed by atoms with E-state index in [1.165, 1.54) is 0 Å². The number of halogens is 2. The second-order valence-electron chi connectivity index (χ2n) is 8.23.